The molecule has 1 saturated heterocycles. The molecule has 2 amide bonds. The number of aryl methyl sites for hydroxylation is 1. The van der Waals surface area contributed by atoms with Gasteiger partial charge in [-0.1, -0.05) is 12.1 Å². The van der Waals surface area contributed by atoms with Crippen LogP contribution in [0.2, 0.25) is 0 Å². The highest BCUT2D eigenvalue weighted by atomic mass is 19.1. The zero-order valence-corrected chi connectivity index (χ0v) is 16.8. The van der Waals surface area contributed by atoms with Gasteiger partial charge in [0.2, 0.25) is 11.8 Å². The van der Waals surface area contributed by atoms with E-state index in [1.807, 2.05) is 11.8 Å². The predicted octanol–water partition coefficient (Wildman–Crippen LogP) is 2.78. The summed E-state index contributed by atoms with van der Waals surface area (Å²) >= 11 is 0. The van der Waals surface area contributed by atoms with E-state index in [0.717, 1.165) is 29.7 Å². The molecule has 0 spiro atoms. The number of anilines is 1. The van der Waals surface area contributed by atoms with Gasteiger partial charge >= 0.3 is 0 Å². The summed E-state index contributed by atoms with van der Waals surface area (Å²) < 4.78 is 13.1. The Morgan fingerprint density at radius 1 is 1.21 bits per heavy atom. The first-order valence-electron chi connectivity index (χ1n) is 10.1. The quantitative estimate of drug-likeness (QED) is 0.800. The van der Waals surface area contributed by atoms with Crippen molar-refractivity contribution in [2.24, 2.45) is 0 Å². The van der Waals surface area contributed by atoms with Crippen LogP contribution in [0, 0.1) is 12.7 Å². The number of benzene rings is 1. The van der Waals surface area contributed by atoms with Crippen molar-refractivity contribution in [3.05, 3.63) is 52.7 Å². The molecular formula is C22H25FN4O2. The van der Waals surface area contributed by atoms with Gasteiger partial charge in [0, 0.05) is 43.7 Å². The Kier molecular flexibility index (Phi) is 5.30. The maximum Gasteiger partial charge on any atom is 0.228 e. The first kappa shape index (κ1) is 19.5. The maximum absolute atomic E-state index is 13.1. The lowest BCUT2D eigenvalue weighted by Crippen LogP contribution is -2.40. The first-order chi connectivity index (χ1) is 13.9. The van der Waals surface area contributed by atoms with Crippen LogP contribution in [0.15, 0.2) is 24.3 Å². The SMILES string of the molecule is Cc1nc([C@@H]2CCCN(C(=O)Cc3ccc(F)cc3)C2)nc2c1CCC(=O)N2C. The van der Waals surface area contributed by atoms with Crippen LogP contribution in [0.25, 0.3) is 0 Å². The zero-order chi connectivity index (χ0) is 20.5. The first-order valence-corrected chi connectivity index (χ1v) is 10.1. The van der Waals surface area contributed by atoms with Crippen molar-refractivity contribution in [2.45, 2.75) is 44.9 Å². The molecule has 0 radical (unpaired) electrons. The zero-order valence-electron chi connectivity index (χ0n) is 16.8. The van der Waals surface area contributed by atoms with Gasteiger partial charge < -0.3 is 4.90 Å². The summed E-state index contributed by atoms with van der Waals surface area (Å²) in [5.41, 5.74) is 2.76. The summed E-state index contributed by atoms with van der Waals surface area (Å²) in [5, 5.41) is 0. The third-order valence-electron chi connectivity index (χ3n) is 5.90. The molecule has 2 aromatic rings. The Balaban J connectivity index is 1.51. The lowest BCUT2D eigenvalue weighted by molar-refractivity contribution is -0.131. The van der Waals surface area contributed by atoms with Crippen LogP contribution in [0.3, 0.4) is 0 Å². The fourth-order valence-corrected chi connectivity index (χ4v) is 4.18. The Bertz CT molecular complexity index is 945. The van der Waals surface area contributed by atoms with Gasteiger partial charge in [0.25, 0.3) is 0 Å². The summed E-state index contributed by atoms with van der Waals surface area (Å²) in [4.78, 5) is 37.8. The normalized spacial score (nSPS) is 19.3. The Labute approximate surface area is 169 Å². The molecule has 3 heterocycles. The lowest BCUT2D eigenvalue weighted by Gasteiger charge is -2.33. The minimum atomic E-state index is -0.303. The van der Waals surface area contributed by atoms with E-state index >= 15 is 0 Å². The average molecular weight is 396 g/mol. The van der Waals surface area contributed by atoms with Crippen molar-refractivity contribution in [3.63, 3.8) is 0 Å². The van der Waals surface area contributed by atoms with Crippen molar-refractivity contribution in [3.8, 4) is 0 Å². The minimum absolute atomic E-state index is 0.0308. The standard InChI is InChI=1S/C22H25FN4O2/c1-14-18-9-10-19(28)26(2)22(18)25-21(24-14)16-4-3-11-27(13-16)20(29)12-15-5-7-17(23)8-6-15/h5-8,16H,3-4,9-13H2,1-2H3/t16-/m1/s1. The van der Waals surface area contributed by atoms with E-state index in [4.69, 9.17) is 9.97 Å². The Morgan fingerprint density at radius 3 is 2.72 bits per heavy atom. The van der Waals surface area contributed by atoms with Crippen LogP contribution in [0.4, 0.5) is 10.2 Å². The number of hydrogen-bond donors (Lipinski definition) is 0. The Hall–Kier alpha value is -2.83. The van der Waals surface area contributed by atoms with Crippen LogP contribution < -0.4 is 4.90 Å². The topological polar surface area (TPSA) is 66.4 Å². The molecule has 2 aliphatic heterocycles. The molecule has 1 atom stereocenters. The molecule has 29 heavy (non-hydrogen) atoms. The highest BCUT2D eigenvalue weighted by Gasteiger charge is 2.30. The number of halogens is 1. The number of nitrogens with zero attached hydrogens (tertiary/aromatic N) is 4. The number of amides is 2. The van der Waals surface area contributed by atoms with Crippen LogP contribution in [-0.4, -0.2) is 46.8 Å². The van der Waals surface area contributed by atoms with Gasteiger partial charge in [-0.15, -0.1) is 0 Å². The maximum atomic E-state index is 13.1. The fraction of sp³-hybridized carbons (Fsp3) is 0.455. The molecule has 152 valence electrons. The van der Waals surface area contributed by atoms with Crippen molar-refractivity contribution in [2.75, 3.05) is 25.0 Å². The van der Waals surface area contributed by atoms with Crippen LogP contribution in [-0.2, 0) is 22.4 Å². The summed E-state index contributed by atoms with van der Waals surface area (Å²) in [6.45, 7) is 3.24. The van der Waals surface area contributed by atoms with Gasteiger partial charge in [-0.25, -0.2) is 14.4 Å². The number of hydrogen-bond acceptors (Lipinski definition) is 4. The molecule has 2 aliphatic rings. The van der Waals surface area contributed by atoms with Crippen LogP contribution in [0.1, 0.15) is 47.8 Å². The number of piperidine rings is 1. The summed E-state index contributed by atoms with van der Waals surface area (Å²) in [6.07, 6.45) is 3.22. The average Bonchev–Trinajstić information content (AvgIpc) is 2.72. The van der Waals surface area contributed by atoms with Crippen LogP contribution >= 0.6 is 0 Å². The van der Waals surface area contributed by atoms with E-state index in [-0.39, 0.29) is 30.0 Å². The smallest absolute Gasteiger partial charge is 0.228 e. The van der Waals surface area contributed by atoms with Gasteiger partial charge in [0.15, 0.2) is 0 Å². The van der Waals surface area contributed by atoms with Crippen molar-refractivity contribution in [1.82, 2.24) is 14.9 Å². The monoisotopic (exact) mass is 396 g/mol. The summed E-state index contributed by atoms with van der Waals surface area (Å²) in [5.74, 6) is 1.27. The molecule has 6 nitrogen and oxygen atoms in total. The number of likely N-dealkylation sites (tertiary alicyclic amines) is 1. The highest BCUT2D eigenvalue weighted by molar-refractivity contribution is 5.94. The molecule has 1 fully saturated rings. The number of carbonyl (C=O) groups excluding carboxylic acids is 2. The second kappa shape index (κ2) is 7.89. The molecule has 0 bridgehead atoms. The highest BCUT2D eigenvalue weighted by Crippen LogP contribution is 2.31. The van der Waals surface area contributed by atoms with E-state index in [1.165, 1.54) is 12.1 Å². The van der Waals surface area contributed by atoms with E-state index in [2.05, 4.69) is 0 Å². The largest absolute Gasteiger partial charge is 0.342 e. The molecule has 0 N–H and O–H groups in total. The van der Waals surface area contributed by atoms with Crippen molar-refractivity contribution in [1.29, 1.82) is 0 Å². The van der Waals surface area contributed by atoms with E-state index in [0.29, 0.717) is 37.6 Å². The number of fused-ring (bicyclic) bond motifs is 1. The minimum Gasteiger partial charge on any atom is -0.342 e. The molecule has 1 aromatic carbocycles. The lowest BCUT2D eigenvalue weighted by atomic mass is 9.95. The number of carbonyl (C=O) groups is 2. The molecule has 0 unspecified atom stereocenters. The van der Waals surface area contributed by atoms with Gasteiger partial charge in [0.05, 0.1) is 6.42 Å². The van der Waals surface area contributed by atoms with Gasteiger partial charge in [0.1, 0.15) is 17.5 Å². The van der Waals surface area contributed by atoms with E-state index in [1.54, 1.807) is 24.1 Å². The molecule has 0 aliphatic carbocycles. The fourth-order valence-electron chi connectivity index (χ4n) is 4.18. The third-order valence-corrected chi connectivity index (χ3v) is 5.90. The second-order valence-corrected chi connectivity index (χ2v) is 7.90. The summed E-state index contributed by atoms with van der Waals surface area (Å²) in [6, 6.07) is 6.06. The molecule has 1 aromatic heterocycles. The van der Waals surface area contributed by atoms with Gasteiger partial charge in [-0.3, -0.25) is 14.5 Å². The van der Waals surface area contributed by atoms with Gasteiger partial charge in [-0.2, -0.15) is 0 Å². The Morgan fingerprint density at radius 2 is 1.97 bits per heavy atom. The van der Waals surface area contributed by atoms with E-state index < -0.39 is 0 Å². The van der Waals surface area contributed by atoms with Crippen LogP contribution in [0.5, 0.6) is 0 Å². The predicted molar refractivity (Wildman–Crippen MR) is 107 cm³/mol. The molecule has 4 rings (SSSR count). The summed E-state index contributed by atoms with van der Waals surface area (Å²) in [7, 11) is 1.76. The van der Waals surface area contributed by atoms with E-state index in [9.17, 15) is 14.0 Å². The molecular weight excluding hydrogens is 371 g/mol. The molecule has 7 heteroatoms. The number of aromatic nitrogens is 2. The van der Waals surface area contributed by atoms with Gasteiger partial charge in [-0.05, 0) is 43.9 Å². The third kappa shape index (κ3) is 3.99. The second-order valence-electron chi connectivity index (χ2n) is 7.90. The number of rotatable bonds is 3. The van der Waals surface area contributed by atoms with Crippen molar-refractivity contribution < 1.29 is 14.0 Å². The van der Waals surface area contributed by atoms with Crippen molar-refractivity contribution >= 4 is 17.6 Å². The molecule has 0 saturated carbocycles.